The van der Waals surface area contributed by atoms with Gasteiger partial charge in [0.1, 0.15) is 5.82 Å². The highest BCUT2D eigenvalue weighted by molar-refractivity contribution is 9.10. The van der Waals surface area contributed by atoms with Crippen LogP contribution in [-0.2, 0) is 16.6 Å². The molecule has 1 heterocycles. The van der Waals surface area contributed by atoms with Crippen molar-refractivity contribution in [2.75, 3.05) is 0 Å². The first-order valence-electron chi connectivity index (χ1n) is 5.47. The van der Waals surface area contributed by atoms with E-state index in [0.29, 0.717) is 6.07 Å². The van der Waals surface area contributed by atoms with E-state index in [0.717, 1.165) is 21.5 Å². The summed E-state index contributed by atoms with van der Waals surface area (Å²) in [6.45, 7) is -0.0187. The average molecular weight is 395 g/mol. The second kappa shape index (κ2) is 6.18. The largest absolute Gasteiger partial charge is 0.292 e. The van der Waals surface area contributed by atoms with Crippen molar-refractivity contribution in [2.24, 2.45) is 0 Å². The van der Waals surface area contributed by atoms with Crippen LogP contribution in [0.1, 0.15) is 4.88 Å². The van der Waals surface area contributed by atoms with Crippen molar-refractivity contribution < 1.29 is 17.7 Å². The number of benzene rings is 1. The second-order valence-corrected chi connectivity index (χ2v) is 7.48. The zero-order valence-corrected chi connectivity index (χ0v) is 13.5. The Morgan fingerprint density at radius 3 is 2.67 bits per heavy atom. The number of nitrogens with zero attached hydrogens (tertiary/aromatic N) is 1. The number of hydrogen-bond acceptors (Lipinski definition) is 5. The number of sulfonamides is 1. The number of hydrogen-bond donors (Lipinski definition) is 1. The molecule has 0 unspecified atom stereocenters. The molecule has 0 bridgehead atoms. The lowest BCUT2D eigenvalue weighted by Gasteiger charge is -2.07. The molecule has 0 saturated heterocycles. The summed E-state index contributed by atoms with van der Waals surface area (Å²) in [7, 11) is -4.12. The summed E-state index contributed by atoms with van der Waals surface area (Å²) in [6.07, 6.45) is 0. The maximum absolute atomic E-state index is 13.0. The number of thiophene rings is 1. The molecule has 0 aliphatic rings. The van der Waals surface area contributed by atoms with Crippen LogP contribution < -0.4 is 4.72 Å². The van der Waals surface area contributed by atoms with Gasteiger partial charge in [0, 0.05) is 15.9 Å². The van der Waals surface area contributed by atoms with E-state index in [2.05, 4.69) is 20.7 Å². The molecule has 2 rings (SSSR count). The Balaban J connectivity index is 2.32. The number of nitro benzene ring substituents is 1. The third kappa shape index (κ3) is 3.64. The molecule has 0 fully saturated rings. The Hall–Kier alpha value is -1.36. The van der Waals surface area contributed by atoms with Crippen LogP contribution in [0.2, 0.25) is 0 Å². The van der Waals surface area contributed by atoms with Crippen molar-refractivity contribution in [3.8, 4) is 0 Å². The van der Waals surface area contributed by atoms with Gasteiger partial charge in [-0.05, 0) is 39.5 Å². The molecule has 0 radical (unpaired) electrons. The van der Waals surface area contributed by atoms with Gasteiger partial charge in [0.15, 0.2) is 4.90 Å². The zero-order chi connectivity index (χ0) is 15.6. The lowest BCUT2D eigenvalue weighted by Crippen LogP contribution is -2.23. The van der Waals surface area contributed by atoms with E-state index in [1.807, 2.05) is 0 Å². The molecule has 2 aromatic rings. The predicted molar refractivity (Wildman–Crippen MR) is 79.1 cm³/mol. The molecule has 0 aliphatic heterocycles. The minimum absolute atomic E-state index is 0.0187. The van der Waals surface area contributed by atoms with Crippen LogP contribution in [0.5, 0.6) is 0 Å². The van der Waals surface area contributed by atoms with Gasteiger partial charge in [-0.1, -0.05) is 0 Å². The number of nitrogens with one attached hydrogen (secondary N) is 1. The fraction of sp³-hybridized carbons (Fsp3) is 0.0909. The summed E-state index contributed by atoms with van der Waals surface area (Å²) in [6, 6.07) is 4.08. The topological polar surface area (TPSA) is 89.3 Å². The highest BCUT2D eigenvalue weighted by Gasteiger charge is 2.26. The van der Waals surface area contributed by atoms with E-state index in [1.54, 1.807) is 11.4 Å². The van der Waals surface area contributed by atoms with E-state index in [4.69, 9.17) is 0 Å². The van der Waals surface area contributed by atoms with Crippen molar-refractivity contribution in [1.29, 1.82) is 0 Å². The van der Waals surface area contributed by atoms with Crippen molar-refractivity contribution in [1.82, 2.24) is 4.72 Å². The standard InChI is InChI=1S/C11H8BrFN2O4S2/c12-8-3-4-20-10(8)6-14-21(18,19)11-2-1-7(13)5-9(11)15(16)17/h1-5,14H,6H2. The second-order valence-electron chi connectivity index (χ2n) is 3.89. The highest BCUT2D eigenvalue weighted by atomic mass is 79.9. The monoisotopic (exact) mass is 394 g/mol. The van der Waals surface area contributed by atoms with Crippen LogP contribution in [0.4, 0.5) is 10.1 Å². The fourth-order valence-electron chi connectivity index (χ4n) is 1.55. The maximum Gasteiger partial charge on any atom is 0.292 e. The quantitative estimate of drug-likeness (QED) is 0.623. The molecule has 0 saturated carbocycles. The van der Waals surface area contributed by atoms with Crippen molar-refractivity contribution in [3.63, 3.8) is 0 Å². The van der Waals surface area contributed by atoms with Gasteiger partial charge in [0.2, 0.25) is 10.0 Å². The Kier molecular flexibility index (Phi) is 4.71. The number of nitro groups is 1. The molecular weight excluding hydrogens is 387 g/mol. The Labute approximate surface area is 131 Å². The molecule has 0 atom stereocenters. The molecule has 10 heteroatoms. The van der Waals surface area contributed by atoms with Gasteiger partial charge < -0.3 is 0 Å². The van der Waals surface area contributed by atoms with Gasteiger partial charge in [-0.3, -0.25) is 10.1 Å². The molecule has 0 amide bonds. The summed E-state index contributed by atoms with van der Waals surface area (Å²) in [5.41, 5.74) is -0.798. The highest BCUT2D eigenvalue weighted by Crippen LogP contribution is 2.26. The first kappa shape index (κ1) is 16.0. The first-order valence-corrected chi connectivity index (χ1v) is 8.62. The molecule has 112 valence electrons. The third-order valence-electron chi connectivity index (χ3n) is 2.52. The van der Waals surface area contributed by atoms with Crippen LogP contribution in [0.25, 0.3) is 0 Å². The van der Waals surface area contributed by atoms with E-state index in [1.165, 1.54) is 11.3 Å². The molecule has 21 heavy (non-hydrogen) atoms. The molecule has 0 spiro atoms. The first-order chi connectivity index (χ1) is 9.81. The smallest absolute Gasteiger partial charge is 0.258 e. The van der Waals surface area contributed by atoms with Crippen LogP contribution in [0.3, 0.4) is 0 Å². The molecule has 1 N–H and O–H groups in total. The van der Waals surface area contributed by atoms with Gasteiger partial charge in [-0.15, -0.1) is 11.3 Å². The SMILES string of the molecule is O=[N+]([O-])c1cc(F)ccc1S(=O)(=O)NCc1sccc1Br. The minimum atomic E-state index is -4.12. The van der Waals surface area contributed by atoms with Crippen molar-refractivity contribution in [2.45, 2.75) is 11.4 Å². The average Bonchev–Trinajstić information content (AvgIpc) is 2.81. The van der Waals surface area contributed by atoms with Crippen LogP contribution in [-0.4, -0.2) is 13.3 Å². The summed E-state index contributed by atoms with van der Waals surface area (Å²) in [5, 5.41) is 12.6. The number of rotatable bonds is 5. The molecule has 0 aliphatic carbocycles. The van der Waals surface area contributed by atoms with Gasteiger partial charge in [0.25, 0.3) is 5.69 Å². The van der Waals surface area contributed by atoms with Gasteiger partial charge >= 0.3 is 0 Å². The predicted octanol–water partition coefficient (Wildman–Crippen LogP) is 3.04. The normalized spacial score (nSPS) is 11.5. The maximum atomic E-state index is 13.0. The lowest BCUT2D eigenvalue weighted by atomic mass is 10.3. The number of halogens is 2. The van der Waals surface area contributed by atoms with Gasteiger partial charge in [0.05, 0.1) is 11.0 Å². The summed E-state index contributed by atoms with van der Waals surface area (Å²) in [5.74, 6) is -0.873. The zero-order valence-electron chi connectivity index (χ0n) is 10.2. The van der Waals surface area contributed by atoms with Gasteiger partial charge in [-0.2, -0.15) is 0 Å². The Morgan fingerprint density at radius 1 is 1.38 bits per heavy atom. The van der Waals surface area contributed by atoms with E-state index >= 15 is 0 Å². The lowest BCUT2D eigenvalue weighted by molar-refractivity contribution is -0.388. The molecular formula is C11H8BrFN2O4S2. The molecule has 6 nitrogen and oxygen atoms in total. The Bertz CT molecular complexity index is 791. The van der Waals surface area contributed by atoms with Gasteiger partial charge in [-0.25, -0.2) is 17.5 Å². The summed E-state index contributed by atoms with van der Waals surface area (Å²) < 4.78 is 40.3. The van der Waals surface area contributed by atoms with Crippen molar-refractivity contribution in [3.05, 3.63) is 54.9 Å². The third-order valence-corrected chi connectivity index (χ3v) is 5.90. The van der Waals surface area contributed by atoms with E-state index in [9.17, 15) is 22.9 Å². The molecule has 1 aromatic carbocycles. The van der Waals surface area contributed by atoms with Crippen LogP contribution in [0, 0.1) is 15.9 Å². The summed E-state index contributed by atoms with van der Waals surface area (Å²) >= 11 is 4.59. The van der Waals surface area contributed by atoms with E-state index < -0.39 is 31.3 Å². The minimum Gasteiger partial charge on any atom is -0.258 e. The van der Waals surface area contributed by atoms with Crippen LogP contribution in [0.15, 0.2) is 39.0 Å². The van der Waals surface area contributed by atoms with Crippen LogP contribution >= 0.6 is 27.3 Å². The Morgan fingerprint density at radius 2 is 2.10 bits per heavy atom. The summed E-state index contributed by atoms with van der Waals surface area (Å²) in [4.78, 5) is 10.1. The fourth-order valence-corrected chi connectivity index (χ4v) is 4.22. The van der Waals surface area contributed by atoms with E-state index in [-0.39, 0.29) is 6.54 Å². The molecule has 1 aromatic heterocycles. The van der Waals surface area contributed by atoms with Crippen molar-refractivity contribution >= 4 is 43.0 Å².